The Bertz CT molecular complexity index is 1130. The summed E-state index contributed by atoms with van der Waals surface area (Å²) in [5, 5.41) is 17.3. The highest BCUT2D eigenvalue weighted by atomic mass is 16.2. The largest absolute Gasteiger partial charge is 0.350 e. The number of aromatic nitrogens is 5. The monoisotopic (exact) mass is 389 g/mol. The molecule has 0 radical (unpaired) electrons. The zero-order valence-corrected chi connectivity index (χ0v) is 15.7. The number of aromatic amines is 1. The first-order valence-corrected chi connectivity index (χ1v) is 9.04. The maximum atomic E-state index is 12.6. The van der Waals surface area contributed by atoms with Crippen LogP contribution in [0.1, 0.15) is 20.7 Å². The number of hydrogen-bond donors (Lipinski definition) is 2. The van der Waals surface area contributed by atoms with Gasteiger partial charge < -0.3 is 10.2 Å². The van der Waals surface area contributed by atoms with E-state index < -0.39 is 0 Å². The van der Waals surface area contributed by atoms with Crippen LogP contribution in [-0.2, 0) is 0 Å². The summed E-state index contributed by atoms with van der Waals surface area (Å²) in [6.45, 7) is 0.729. The Morgan fingerprint density at radius 3 is 2.72 bits per heavy atom. The van der Waals surface area contributed by atoms with Gasteiger partial charge >= 0.3 is 0 Å². The summed E-state index contributed by atoms with van der Waals surface area (Å²) in [6, 6.07) is 10.7. The second-order valence-corrected chi connectivity index (χ2v) is 6.56. The van der Waals surface area contributed by atoms with Crippen LogP contribution in [-0.4, -0.2) is 61.6 Å². The Morgan fingerprint density at radius 1 is 1.14 bits per heavy atom. The molecule has 2 amide bonds. The molecule has 0 aliphatic carbocycles. The van der Waals surface area contributed by atoms with Crippen LogP contribution in [0.2, 0.25) is 0 Å². The number of fused-ring (bicyclic) bond motifs is 1. The highest BCUT2D eigenvalue weighted by Crippen LogP contribution is 2.17. The van der Waals surface area contributed by atoms with Gasteiger partial charge in [0.15, 0.2) is 5.65 Å². The lowest BCUT2D eigenvalue weighted by Crippen LogP contribution is -2.36. The molecule has 3 aromatic heterocycles. The summed E-state index contributed by atoms with van der Waals surface area (Å²) in [4.78, 5) is 26.4. The third-order valence-corrected chi connectivity index (χ3v) is 4.61. The van der Waals surface area contributed by atoms with E-state index in [4.69, 9.17) is 0 Å². The van der Waals surface area contributed by atoms with Gasteiger partial charge in [0.25, 0.3) is 11.8 Å². The topological polar surface area (TPSA) is 108 Å². The minimum absolute atomic E-state index is 0.144. The molecule has 29 heavy (non-hydrogen) atoms. The zero-order chi connectivity index (χ0) is 20.2. The van der Waals surface area contributed by atoms with Gasteiger partial charge in [0.2, 0.25) is 0 Å². The molecule has 4 rings (SSSR count). The van der Waals surface area contributed by atoms with Gasteiger partial charge in [-0.2, -0.15) is 5.10 Å². The third-order valence-electron chi connectivity index (χ3n) is 4.61. The summed E-state index contributed by atoms with van der Waals surface area (Å²) >= 11 is 0. The van der Waals surface area contributed by atoms with Crippen molar-refractivity contribution in [3.8, 4) is 11.1 Å². The molecule has 0 bridgehead atoms. The first-order valence-electron chi connectivity index (χ1n) is 9.04. The Kier molecular flexibility index (Phi) is 5.02. The molecule has 0 atom stereocenters. The highest BCUT2D eigenvalue weighted by molar-refractivity contribution is 5.95. The number of carbonyl (C=O) groups is 2. The minimum Gasteiger partial charge on any atom is -0.350 e. The first-order chi connectivity index (χ1) is 14.1. The van der Waals surface area contributed by atoms with Crippen molar-refractivity contribution in [2.45, 2.75) is 0 Å². The van der Waals surface area contributed by atoms with E-state index in [0.717, 1.165) is 11.1 Å². The van der Waals surface area contributed by atoms with E-state index in [-0.39, 0.29) is 11.8 Å². The van der Waals surface area contributed by atoms with E-state index in [1.54, 1.807) is 65.5 Å². The van der Waals surface area contributed by atoms with Crippen molar-refractivity contribution in [3.63, 3.8) is 0 Å². The molecular formula is C20H19N7O2. The van der Waals surface area contributed by atoms with Gasteiger partial charge in [0.05, 0.1) is 6.20 Å². The molecule has 0 spiro atoms. The van der Waals surface area contributed by atoms with Gasteiger partial charge in [-0.25, -0.2) is 0 Å². The molecule has 0 fully saturated rings. The lowest BCUT2D eigenvalue weighted by Gasteiger charge is -2.17. The van der Waals surface area contributed by atoms with Crippen LogP contribution in [0.15, 0.2) is 61.3 Å². The number of likely N-dealkylation sites (N-methyl/N-ethyl adjacent to an activating group) is 1. The number of hydrogen-bond acceptors (Lipinski definition) is 5. The average Bonchev–Trinajstić information content (AvgIpc) is 3.44. The molecule has 9 nitrogen and oxygen atoms in total. The average molecular weight is 389 g/mol. The van der Waals surface area contributed by atoms with E-state index in [2.05, 4.69) is 25.7 Å². The normalized spacial score (nSPS) is 10.8. The fourth-order valence-corrected chi connectivity index (χ4v) is 2.93. The number of carbonyl (C=O) groups excluding carboxylic acids is 2. The van der Waals surface area contributed by atoms with Gasteiger partial charge in [-0.1, -0.05) is 12.1 Å². The molecule has 0 aliphatic heterocycles. The Hall–Kier alpha value is -4.01. The van der Waals surface area contributed by atoms with Crippen molar-refractivity contribution >= 4 is 17.5 Å². The number of nitrogens with zero attached hydrogens (tertiary/aromatic N) is 5. The number of rotatable bonds is 6. The lowest BCUT2D eigenvalue weighted by molar-refractivity contribution is 0.0787. The molecule has 3 heterocycles. The fraction of sp³-hybridized carbons (Fsp3) is 0.150. The molecule has 0 saturated heterocycles. The molecule has 2 N–H and O–H groups in total. The summed E-state index contributed by atoms with van der Waals surface area (Å²) in [5.74, 6) is -0.330. The van der Waals surface area contributed by atoms with Crippen molar-refractivity contribution in [2.24, 2.45) is 0 Å². The maximum Gasteiger partial charge on any atom is 0.253 e. The third kappa shape index (κ3) is 3.98. The summed E-state index contributed by atoms with van der Waals surface area (Å²) in [5.41, 5.74) is 3.63. The Balaban J connectivity index is 1.30. The quantitative estimate of drug-likeness (QED) is 0.521. The van der Waals surface area contributed by atoms with Crippen LogP contribution in [0.25, 0.3) is 16.8 Å². The molecule has 9 heteroatoms. The predicted molar refractivity (Wildman–Crippen MR) is 106 cm³/mol. The van der Waals surface area contributed by atoms with Crippen molar-refractivity contribution < 1.29 is 9.59 Å². The smallest absolute Gasteiger partial charge is 0.253 e. The van der Waals surface area contributed by atoms with Gasteiger partial charge in [0, 0.05) is 49.2 Å². The van der Waals surface area contributed by atoms with Crippen LogP contribution < -0.4 is 5.32 Å². The summed E-state index contributed by atoms with van der Waals surface area (Å²) in [7, 11) is 1.70. The predicted octanol–water partition coefficient (Wildman–Crippen LogP) is 1.62. The molecule has 146 valence electrons. The van der Waals surface area contributed by atoms with Crippen LogP contribution in [0.3, 0.4) is 0 Å². The van der Waals surface area contributed by atoms with E-state index in [0.29, 0.717) is 29.9 Å². The zero-order valence-electron chi connectivity index (χ0n) is 15.7. The first kappa shape index (κ1) is 18.4. The van der Waals surface area contributed by atoms with E-state index in [1.807, 2.05) is 12.1 Å². The summed E-state index contributed by atoms with van der Waals surface area (Å²) in [6.07, 6.45) is 6.83. The second-order valence-electron chi connectivity index (χ2n) is 6.56. The Labute approximate surface area is 166 Å². The van der Waals surface area contributed by atoms with E-state index >= 15 is 0 Å². The van der Waals surface area contributed by atoms with Crippen LogP contribution in [0.5, 0.6) is 0 Å². The highest BCUT2D eigenvalue weighted by Gasteiger charge is 2.13. The van der Waals surface area contributed by atoms with E-state index in [9.17, 15) is 9.59 Å². The maximum absolute atomic E-state index is 12.6. The number of pyridine rings is 1. The van der Waals surface area contributed by atoms with Gasteiger partial charge in [0.1, 0.15) is 6.33 Å². The van der Waals surface area contributed by atoms with Crippen molar-refractivity contribution in [2.75, 3.05) is 20.1 Å². The van der Waals surface area contributed by atoms with Crippen LogP contribution in [0.4, 0.5) is 0 Å². The molecule has 0 unspecified atom stereocenters. The molecular weight excluding hydrogens is 370 g/mol. The van der Waals surface area contributed by atoms with E-state index in [1.165, 1.54) is 0 Å². The lowest BCUT2D eigenvalue weighted by atomic mass is 10.1. The van der Waals surface area contributed by atoms with Crippen molar-refractivity contribution in [3.05, 3.63) is 72.4 Å². The van der Waals surface area contributed by atoms with Gasteiger partial charge in [-0.05, 0) is 29.8 Å². The molecule has 0 saturated carbocycles. The van der Waals surface area contributed by atoms with Crippen LogP contribution >= 0.6 is 0 Å². The minimum atomic E-state index is -0.186. The van der Waals surface area contributed by atoms with Gasteiger partial charge in [-0.3, -0.25) is 19.1 Å². The number of amides is 2. The van der Waals surface area contributed by atoms with Crippen LogP contribution in [0, 0.1) is 0 Å². The fourth-order valence-electron chi connectivity index (χ4n) is 2.93. The number of benzene rings is 1. The van der Waals surface area contributed by atoms with Crippen molar-refractivity contribution in [1.29, 1.82) is 0 Å². The SMILES string of the molecule is CN(CCNC(=O)c1ccc(-c2cn[nH]c2)cc1)C(=O)c1ccn2cnnc2c1. The second kappa shape index (κ2) is 7.93. The molecule has 4 aromatic rings. The number of nitrogens with one attached hydrogen (secondary N) is 2. The standard InChI is InChI=1S/C20H19N7O2/c1-26(20(29)16-6-8-27-13-24-25-18(27)10-16)9-7-21-19(28)15-4-2-14(3-5-15)17-11-22-23-12-17/h2-6,8,10-13H,7,9H2,1H3,(H,21,28)(H,22,23). The molecule has 0 aliphatic rings. The molecule has 1 aromatic carbocycles. The van der Waals surface area contributed by atoms with Crippen molar-refractivity contribution in [1.82, 2.24) is 35.0 Å². The summed E-state index contributed by atoms with van der Waals surface area (Å²) < 4.78 is 1.73. The Morgan fingerprint density at radius 2 is 1.97 bits per heavy atom. The number of H-pyrrole nitrogens is 1. The van der Waals surface area contributed by atoms with Gasteiger partial charge in [-0.15, -0.1) is 10.2 Å².